The van der Waals surface area contributed by atoms with E-state index in [2.05, 4.69) is 55.6 Å². The Bertz CT molecular complexity index is 972. The van der Waals surface area contributed by atoms with Gasteiger partial charge in [-0.2, -0.15) is 8.42 Å². The molecule has 0 heterocycles. The van der Waals surface area contributed by atoms with E-state index in [0.29, 0.717) is 0 Å². The van der Waals surface area contributed by atoms with Crippen molar-refractivity contribution >= 4 is 16.0 Å². The fourth-order valence-corrected chi connectivity index (χ4v) is 6.84. The molecule has 0 fully saturated rings. The Morgan fingerprint density at radius 2 is 0.900 bits per heavy atom. The summed E-state index contributed by atoms with van der Waals surface area (Å²) in [4.78, 5) is 12.5. The molecule has 0 radical (unpaired) electrons. The molecular formula is C43H79NO5S. The van der Waals surface area contributed by atoms with E-state index in [1.807, 2.05) is 6.08 Å². The Balaban J connectivity index is 3.95. The van der Waals surface area contributed by atoms with Gasteiger partial charge in [-0.05, 0) is 57.8 Å². The molecule has 6 nitrogen and oxygen atoms in total. The number of carbonyl (C=O) groups is 1. The van der Waals surface area contributed by atoms with Crippen LogP contribution >= 0.6 is 0 Å². The van der Waals surface area contributed by atoms with Crippen LogP contribution in [0.1, 0.15) is 200 Å². The Kier molecular flexibility index (Phi) is 35.8. The van der Waals surface area contributed by atoms with E-state index >= 15 is 0 Å². The average molecular weight is 722 g/mol. The molecule has 0 saturated heterocycles. The first-order valence-corrected chi connectivity index (χ1v) is 22.4. The largest absolute Gasteiger partial charge is 0.387 e. The van der Waals surface area contributed by atoms with E-state index in [-0.39, 0.29) is 12.3 Å². The van der Waals surface area contributed by atoms with Gasteiger partial charge in [-0.3, -0.25) is 9.35 Å². The number of aliphatic hydroxyl groups is 1. The molecule has 0 aromatic carbocycles. The fraction of sp³-hybridized carbons (Fsp3) is 0.791. The first-order valence-electron chi connectivity index (χ1n) is 20.8. The molecule has 0 aliphatic carbocycles. The molecule has 0 aliphatic heterocycles. The van der Waals surface area contributed by atoms with Crippen LogP contribution in [-0.2, 0) is 14.9 Å². The van der Waals surface area contributed by atoms with Gasteiger partial charge in [0.05, 0.1) is 17.9 Å². The van der Waals surface area contributed by atoms with Gasteiger partial charge in [0, 0.05) is 6.42 Å². The van der Waals surface area contributed by atoms with Gasteiger partial charge in [0.2, 0.25) is 5.91 Å². The summed E-state index contributed by atoms with van der Waals surface area (Å²) in [7, 11) is -4.35. The van der Waals surface area contributed by atoms with E-state index in [9.17, 15) is 22.9 Å². The van der Waals surface area contributed by atoms with Crippen molar-refractivity contribution in [3.05, 3.63) is 48.6 Å². The number of allylic oxidation sites excluding steroid dienone is 7. The molecule has 0 aromatic heterocycles. The second kappa shape index (κ2) is 37.1. The highest BCUT2D eigenvalue weighted by molar-refractivity contribution is 7.85. The van der Waals surface area contributed by atoms with Crippen LogP contribution in [-0.4, -0.2) is 41.9 Å². The number of carbonyl (C=O) groups excluding carboxylic acids is 1. The zero-order chi connectivity index (χ0) is 36.8. The van der Waals surface area contributed by atoms with Crippen LogP contribution in [0.15, 0.2) is 48.6 Å². The highest BCUT2D eigenvalue weighted by Crippen LogP contribution is 2.14. The summed E-state index contributed by atoms with van der Waals surface area (Å²) in [5.41, 5.74) is 0. The lowest BCUT2D eigenvalue weighted by atomic mass is 10.0. The van der Waals surface area contributed by atoms with Gasteiger partial charge in [-0.25, -0.2) is 0 Å². The first kappa shape index (κ1) is 48.3. The number of aliphatic hydroxyl groups excluding tert-OH is 1. The maximum Gasteiger partial charge on any atom is 0.267 e. The van der Waals surface area contributed by atoms with Crippen molar-refractivity contribution in [2.45, 2.75) is 212 Å². The molecular weight excluding hydrogens is 643 g/mol. The number of hydrogen-bond acceptors (Lipinski definition) is 4. The molecule has 0 aliphatic rings. The number of nitrogens with one attached hydrogen (secondary N) is 1. The molecule has 0 bridgehead atoms. The van der Waals surface area contributed by atoms with E-state index in [1.54, 1.807) is 6.08 Å². The molecule has 2 unspecified atom stereocenters. The Labute approximate surface area is 309 Å². The Morgan fingerprint density at radius 1 is 0.540 bits per heavy atom. The summed E-state index contributed by atoms with van der Waals surface area (Å²) in [6, 6.07) is -1.06. The number of hydrogen-bond donors (Lipinski definition) is 3. The third kappa shape index (κ3) is 37.6. The maximum atomic E-state index is 12.5. The maximum absolute atomic E-state index is 12.5. The summed E-state index contributed by atoms with van der Waals surface area (Å²) >= 11 is 0. The molecule has 7 heteroatoms. The highest BCUT2D eigenvalue weighted by atomic mass is 32.2. The molecule has 292 valence electrons. The van der Waals surface area contributed by atoms with Crippen LogP contribution in [0, 0.1) is 0 Å². The zero-order valence-electron chi connectivity index (χ0n) is 32.5. The van der Waals surface area contributed by atoms with Crippen molar-refractivity contribution in [1.82, 2.24) is 5.32 Å². The van der Waals surface area contributed by atoms with Gasteiger partial charge in [0.1, 0.15) is 0 Å². The van der Waals surface area contributed by atoms with Crippen LogP contribution < -0.4 is 5.32 Å². The van der Waals surface area contributed by atoms with E-state index < -0.39 is 28.0 Å². The van der Waals surface area contributed by atoms with Gasteiger partial charge in [0.25, 0.3) is 10.1 Å². The standard InChI is InChI=1S/C43H79NO5S/c1-3-5-7-9-11-13-15-17-19-20-21-22-23-24-25-27-29-31-33-35-37-39-43(46)44-41(40-50(47,48)49)42(45)38-36-34-32-30-28-26-18-16-14-12-10-8-6-4-2/h15,17,20-21,23-24,36,38,41-42,45H,3-14,16,18-19,22,25-35,37,39-40H2,1-2H3,(H,44,46)(H,47,48,49)/b17-15-,21-20-,24-23-,38-36+. The van der Waals surface area contributed by atoms with Crippen molar-refractivity contribution in [3.63, 3.8) is 0 Å². The third-order valence-electron chi connectivity index (χ3n) is 9.25. The summed E-state index contributed by atoms with van der Waals surface area (Å²) in [6.45, 7) is 4.50. The van der Waals surface area contributed by atoms with Crippen LogP contribution in [0.25, 0.3) is 0 Å². The number of unbranched alkanes of at least 4 members (excludes halogenated alkanes) is 23. The lowest BCUT2D eigenvalue weighted by Gasteiger charge is -2.21. The van der Waals surface area contributed by atoms with Gasteiger partial charge in [0.15, 0.2) is 0 Å². The second-order valence-electron chi connectivity index (χ2n) is 14.3. The van der Waals surface area contributed by atoms with E-state index in [1.165, 1.54) is 116 Å². The van der Waals surface area contributed by atoms with Crippen molar-refractivity contribution < 1.29 is 22.9 Å². The number of rotatable bonds is 37. The molecule has 50 heavy (non-hydrogen) atoms. The van der Waals surface area contributed by atoms with Crippen LogP contribution in [0.2, 0.25) is 0 Å². The quantitative estimate of drug-likeness (QED) is 0.0336. The monoisotopic (exact) mass is 722 g/mol. The normalized spacial score (nSPS) is 13.8. The van der Waals surface area contributed by atoms with Crippen molar-refractivity contribution in [1.29, 1.82) is 0 Å². The lowest BCUT2D eigenvalue weighted by Crippen LogP contribution is -2.46. The molecule has 0 rings (SSSR count). The van der Waals surface area contributed by atoms with Crippen LogP contribution in [0.5, 0.6) is 0 Å². The minimum absolute atomic E-state index is 0.280. The topological polar surface area (TPSA) is 104 Å². The Morgan fingerprint density at radius 3 is 1.32 bits per heavy atom. The summed E-state index contributed by atoms with van der Waals surface area (Å²) in [5.74, 6) is -0.996. The second-order valence-corrected chi connectivity index (χ2v) is 15.8. The molecule has 0 aromatic rings. The summed E-state index contributed by atoms with van der Waals surface area (Å²) in [6.07, 6.45) is 49.5. The molecule has 2 atom stereocenters. The minimum Gasteiger partial charge on any atom is -0.387 e. The lowest BCUT2D eigenvalue weighted by molar-refractivity contribution is -0.122. The van der Waals surface area contributed by atoms with Gasteiger partial charge in [-0.1, -0.05) is 184 Å². The van der Waals surface area contributed by atoms with Crippen molar-refractivity contribution in [2.24, 2.45) is 0 Å². The number of amides is 1. The van der Waals surface area contributed by atoms with Gasteiger partial charge < -0.3 is 10.4 Å². The van der Waals surface area contributed by atoms with E-state index in [0.717, 1.165) is 64.2 Å². The summed E-state index contributed by atoms with van der Waals surface area (Å²) < 4.78 is 32.5. The zero-order valence-corrected chi connectivity index (χ0v) is 33.3. The van der Waals surface area contributed by atoms with E-state index in [4.69, 9.17) is 0 Å². The first-order chi connectivity index (χ1) is 24.3. The average Bonchev–Trinajstić information content (AvgIpc) is 3.08. The van der Waals surface area contributed by atoms with Crippen molar-refractivity contribution in [2.75, 3.05) is 5.75 Å². The van der Waals surface area contributed by atoms with Gasteiger partial charge in [-0.15, -0.1) is 0 Å². The van der Waals surface area contributed by atoms with Crippen LogP contribution in [0.3, 0.4) is 0 Å². The predicted molar refractivity (Wildman–Crippen MR) is 216 cm³/mol. The Hall–Kier alpha value is -1.70. The SMILES string of the molecule is CCCCCCC/C=C\C/C=C\C/C=C\CCCCCCCCC(=O)NC(CS(=O)(=O)O)C(O)/C=C/CCCCCCCCCCCCCC. The molecule has 0 saturated carbocycles. The predicted octanol–water partition coefficient (Wildman–Crippen LogP) is 12.3. The fourth-order valence-electron chi connectivity index (χ4n) is 6.10. The highest BCUT2D eigenvalue weighted by Gasteiger charge is 2.24. The van der Waals surface area contributed by atoms with Gasteiger partial charge >= 0.3 is 0 Å². The summed E-state index contributed by atoms with van der Waals surface area (Å²) in [5, 5.41) is 13.2. The van der Waals surface area contributed by atoms with Crippen LogP contribution in [0.4, 0.5) is 0 Å². The van der Waals surface area contributed by atoms with Crippen molar-refractivity contribution in [3.8, 4) is 0 Å². The molecule has 0 spiro atoms. The smallest absolute Gasteiger partial charge is 0.267 e. The molecule has 3 N–H and O–H groups in total. The molecule has 1 amide bonds. The third-order valence-corrected chi connectivity index (χ3v) is 10.0. The minimum atomic E-state index is -4.35.